The van der Waals surface area contributed by atoms with Crippen molar-refractivity contribution in [1.82, 2.24) is 25.0 Å². The normalized spacial score (nSPS) is 18.3. The van der Waals surface area contributed by atoms with E-state index in [4.69, 9.17) is 0 Å². The quantitative estimate of drug-likeness (QED) is 0.907. The van der Waals surface area contributed by atoms with E-state index in [1.54, 1.807) is 17.1 Å². The molecule has 1 N–H and O–H groups in total. The Morgan fingerprint density at radius 2 is 2.22 bits per heavy atom. The number of nitrogens with zero attached hydrogens (tertiary/aromatic N) is 4. The van der Waals surface area contributed by atoms with Crippen LogP contribution in [0.25, 0.3) is 0 Å². The van der Waals surface area contributed by atoms with Crippen LogP contribution in [0, 0.1) is 0 Å². The minimum Gasteiger partial charge on any atom is -0.332 e. The van der Waals surface area contributed by atoms with E-state index in [2.05, 4.69) is 15.4 Å². The van der Waals surface area contributed by atoms with Crippen LogP contribution in [-0.2, 0) is 17.9 Å². The summed E-state index contributed by atoms with van der Waals surface area (Å²) in [4.78, 5) is 19.2. The monoisotopic (exact) mass is 313 g/mol. The Hall–Kier alpha value is -2.21. The van der Waals surface area contributed by atoms with Gasteiger partial charge in [-0.15, -0.1) is 0 Å². The maximum Gasteiger partial charge on any atom is 0.244 e. The number of carbonyl (C=O) groups excluding carboxylic acids is 1. The molecule has 1 aliphatic rings. The Balaban J connectivity index is 1.75. The molecule has 0 bridgehead atoms. The van der Waals surface area contributed by atoms with Gasteiger partial charge in [-0.05, 0) is 50.6 Å². The predicted molar refractivity (Wildman–Crippen MR) is 87.5 cm³/mol. The molecule has 0 aliphatic carbocycles. The second-order valence-electron chi connectivity index (χ2n) is 5.88. The van der Waals surface area contributed by atoms with Gasteiger partial charge in [0.05, 0.1) is 12.2 Å². The summed E-state index contributed by atoms with van der Waals surface area (Å²) in [6.07, 6.45) is 8.42. The zero-order chi connectivity index (χ0) is 15.9. The van der Waals surface area contributed by atoms with Gasteiger partial charge in [0.1, 0.15) is 6.54 Å². The van der Waals surface area contributed by atoms with Crippen molar-refractivity contribution in [3.63, 3.8) is 0 Å². The highest BCUT2D eigenvalue weighted by molar-refractivity contribution is 5.76. The van der Waals surface area contributed by atoms with E-state index in [9.17, 15) is 4.79 Å². The molecule has 3 rings (SSSR count). The Morgan fingerprint density at radius 1 is 1.26 bits per heavy atom. The summed E-state index contributed by atoms with van der Waals surface area (Å²) in [5, 5.41) is 7.56. The lowest BCUT2D eigenvalue weighted by Crippen LogP contribution is -2.42. The molecule has 23 heavy (non-hydrogen) atoms. The van der Waals surface area contributed by atoms with Crippen LogP contribution in [0.5, 0.6) is 0 Å². The molecule has 2 aromatic rings. The van der Waals surface area contributed by atoms with E-state index in [0.29, 0.717) is 6.54 Å². The molecule has 1 fully saturated rings. The minimum absolute atomic E-state index is 0.103. The van der Waals surface area contributed by atoms with Gasteiger partial charge in [-0.3, -0.25) is 14.5 Å². The fourth-order valence-corrected chi connectivity index (χ4v) is 3.02. The molecule has 1 aliphatic heterocycles. The molecule has 3 heterocycles. The predicted octanol–water partition coefficient (Wildman–Crippen LogP) is 1.45. The Bertz CT molecular complexity index is 591. The average molecular weight is 313 g/mol. The first-order valence-electron chi connectivity index (χ1n) is 8.20. The van der Waals surface area contributed by atoms with Crippen LogP contribution in [0.1, 0.15) is 25.0 Å². The summed E-state index contributed by atoms with van der Waals surface area (Å²) in [5.74, 6) is 0.103. The molecule has 6 heteroatoms. The lowest BCUT2D eigenvalue weighted by molar-refractivity contribution is -0.135. The Kier molecular flexibility index (Phi) is 5.37. The molecule has 6 nitrogen and oxygen atoms in total. The smallest absolute Gasteiger partial charge is 0.244 e. The fraction of sp³-hybridized carbons (Fsp3) is 0.471. The van der Waals surface area contributed by atoms with Crippen LogP contribution in [0.15, 0.2) is 42.9 Å². The first-order chi connectivity index (χ1) is 11.3. The van der Waals surface area contributed by atoms with Gasteiger partial charge in [0.2, 0.25) is 5.91 Å². The van der Waals surface area contributed by atoms with E-state index >= 15 is 0 Å². The van der Waals surface area contributed by atoms with E-state index in [1.165, 1.54) is 0 Å². The SMILES string of the molecule is O=C(Cn1cccn1)N(Cc1ccccn1)C1CCCNCC1. The Morgan fingerprint density at radius 3 is 3.00 bits per heavy atom. The van der Waals surface area contributed by atoms with Crippen LogP contribution in [-0.4, -0.2) is 44.7 Å². The summed E-state index contributed by atoms with van der Waals surface area (Å²) >= 11 is 0. The molecule has 1 atom stereocenters. The number of aromatic nitrogens is 3. The minimum atomic E-state index is 0.103. The number of rotatable bonds is 5. The zero-order valence-corrected chi connectivity index (χ0v) is 13.3. The number of hydrogen-bond acceptors (Lipinski definition) is 4. The van der Waals surface area contributed by atoms with Gasteiger partial charge < -0.3 is 10.2 Å². The summed E-state index contributed by atoms with van der Waals surface area (Å²) < 4.78 is 1.68. The van der Waals surface area contributed by atoms with Gasteiger partial charge in [-0.25, -0.2) is 0 Å². The van der Waals surface area contributed by atoms with Crippen molar-refractivity contribution in [2.45, 2.75) is 38.4 Å². The number of amides is 1. The van der Waals surface area contributed by atoms with Crippen molar-refractivity contribution >= 4 is 5.91 Å². The van der Waals surface area contributed by atoms with Gasteiger partial charge in [-0.1, -0.05) is 6.07 Å². The number of hydrogen-bond donors (Lipinski definition) is 1. The topological polar surface area (TPSA) is 63.1 Å². The van der Waals surface area contributed by atoms with Crippen molar-refractivity contribution < 1.29 is 4.79 Å². The van der Waals surface area contributed by atoms with Gasteiger partial charge in [0.15, 0.2) is 0 Å². The third-order valence-electron chi connectivity index (χ3n) is 4.22. The van der Waals surface area contributed by atoms with Crippen molar-refractivity contribution in [1.29, 1.82) is 0 Å². The third-order valence-corrected chi connectivity index (χ3v) is 4.22. The molecule has 2 aromatic heterocycles. The van der Waals surface area contributed by atoms with Crippen LogP contribution >= 0.6 is 0 Å². The van der Waals surface area contributed by atoms with Gasteiger partial charge in [0, 0.05) is 24.6 Å². The van der Waals surface area contributed by atoms with Crippen LogP contribution in [0.2, 0.25) is 0 Å². The number of pyridine rings is 1. The van der Waals surface area contributed by atoms with Crippen LogP contribution in [0.3, 0.4) is 0 Å². The summed E-state index contributed by atoms with van der Waals surface area (Å²) in [6, 6.07) is 7.94. The molecule has 0 aromatic carbocycles. The largest absolute Gasteiger partial charge is 0.332 e. The Labute approximate surface area is 136 Å². The van der Waals surface area contributed by atoms with Crippen molar-refractivity contribution in [2.24, 2.45) is 0 Å². The highest BCUT2D eigenvalue weighted by Crippen LogP contribution is 2.17. The molecule has 1 amide bonds. The molecule has 0 spiro atoms. The van der Waals surface area contributed by atoms with E-state index in [-0.39, 0.29) is 18.5 Å². The van der Waals surface area contributed by atoms with Crippen molar-refractivity contribution in [2.75, 3.05) is 13.1 Å². The first-order valence-corrected chi connectivity index (χ1v) is 8.20. The summed E-state index contributed by atoms with van der Waals surface area (Å²) in [5.41, 5.74) is 0.929. The molecular weight excluding hydrogens is 290 g/mol. The summed E-state index contributed by atoms with van der Waals surface area (Å²) in [7, 11) is 0. The average Bonchev–Trinajstić information content (AvgIpc) is 2.93. The lowest BCUT2D eigenvalue weighted by Gasteiger charge is -2.31. The van der Waals surface area contributed by atoms with E-state index in [0.717, 1.165) is 38.0 Å². The van der Waals surface area contributed by atoms with Crippen molar-refractivity contribution in [3.8, 4) is 0 Å². The fourth-order valence-electron chi connectivity index (χ4n) is 3.02. The van der Waals surface area contributed by atoms with Gasteiger partial charge in [0.25, 0.3) is 0 Å². The van der Waals surface area contributed by atoms with E-state index < -0.39 is 0 Å². The zero-order valence-electron chi connectivity index (χ0n) is 13.3. The van der Waals surface area contributed by atoms with Crippen LogP contribution < -0.4 is 5.32 Å². The molecule has 1 unspecified atom stereocenters. The number of nitrogens with one attached hydrogen (secondary N) is 1. The van der Waals surface area contributed by atoms with Gasteiger partial charge >= 0.3 is 0 Å². The standard InChI is InChI=1S/C17H23N5O/c23-17(14-21-12-4-10-20-21)22(13-15-5-1-2-9-19-15)16-6-3-8-18-11-7-16/h1-2,4-5,9-10,12,16,18H,3,6-8,11,13-14H2. The second-order valence-corrected chi connectivity index (χ2v) is 5.88. The van der Waals surface area contributed by atoms with Crippen molar-refractivity contribution in [3.05, 3.63) is 48.5 Å². The first kappa shape index (κ1) is 15.7. The maximum absolute atomic E-state index is 12.8. The molecular formula is C17H23N5O. The molecule has 0 saturated carbocycles. The molecule has 1 saturated heterocycles. The number of carbonyl (C=O) groups is 1. The highest BCUT2D eigenvalue weighted by Gasteiger charge is 2.25. The third kappa shape index (κ3) is 4.39. The molecule has 122 valence electrons. The highest BCUT2D eigenvalue weighted by atomic mass is 16.2. The maximum atomic E-state index is 12.8. The summed E-state index contributed by atoms with van der Waals surface area (Å²) in [6.45, 7) is 2.83. The van der Waals surface area contributed by atoms with E-state index in [1.807, 2.05) is 35.4 Å². The van der Waals surface area contributed by atoms with Crippen LogP contribution in [0.4, 0.5) is 0 Å². The lowest BCUT2D eigenvalue weighted by atomic mass is 10.1. The van der Waals surface area contributed by atoms with Gasteiger partial charge in [-0.2, -0.15) is 5.10 Å². The molecule has 0 radical (unpaired) electrons. The second kappa shape index (κ2) is 7.87.